The van der Waals surface area contributed by atoms with Crippen LogP contribution in [0.5, 0.6) is 0 Å². The second-order valence-electron chi connectivity index (χ2n) is 7.95. The van der Waals surface area contributed by atoms with Crippen LogP contribution >= 0.6 is 0 Å². The molecule has 1 atom stereocenters. The summed E-state index contributed by atoms with van der Waals surface area (Å²) >= 11 is 0. The minimum atomic E-state index is 0.0214. The quantitative estimate of drug-likeness (QED) is 0.682. The van der Waals surface area contributed by atoms with E-state index in [1.54, 1.807) is 12.4 Å². The van der Waals surface area contributed by atoms with Crippen molar-refractivity contribution >= 4 is 5.91 Å². The van der Waals surface area contributed by atoms with Gasteiger partial charge in [-0.1, -0.05) is 18.0 Å². The number of likely N-dealkylation sites (tertiary alicyclic amines) is 1. The molecule has 2 aliphatic rings. The molecular weight excluding hydrogens is 356 g/mol. The molecule has 150 valence electrons. The zero-order valence-corrected chi connectivity index (χ0v) is 16.5. The van der Waals surface area contributed by atoms with E-state index in [4.69, 9.17) is 9.26 Å². The Bertz CT molecular complexity index is 800. The number of aryl methyl sites for hydroxylation is 1. The van der Waals surface area contributed by atoms with Gasteiger partial charge in [0.25, 0.3) is 5.91 Å². The third kappa shape index (κ3) is 4.41. The molecule has 1 saturated carbocycles. The van der Waals surface area contributed by atoms with Crippen molar-refractivity contribution in [2.45, 2.75) is 51.4 Å². The highest BCUT2D eigenvalue weighted by atomic mass is 16.5. The summed E-state index contributed by atoms with van der Waals surface area (Å²) in [6, 6.07) is 1.86. The van der Waals surface area contributed by atoms with Crippen LogP contribution in [0.3, 0.4) is 0 Å². The van der Waals surface area contributed by atoms with Gasteiger partial charge >= 0.3 is 0 Å². The molecule has 7 nitrogen and oxygen atoms in total. The molecule has 28 heavy (non-hydrogen) atoms. The molecule has 2 aromatic rings. The molecule has 2 fully saturated rings. The summed E-state index contributed by atoms with van der Waals surface area (Å²) in [7, 11) is 0. The molecule has 0 spiro atoms. The average Bonchev–Trinajstić information content (AvgIpc) is 3.46. The second-order valence-corrected chi connectivity index (χ2v) is 7.95. The third-order valence-corrected chi connectivity index (χ3v) is 5.88. The van der Waals surface area contributed by atoms with Gasteiger partial charge in [0.2, 0.25) is 5.89 Å². The average molecular weight is 384 g/mol. The van der Waals surface area contributed by atoms with Crippen molar-refractivity contribution in [2.24, 2.45) is 5.92 Å². The first-order chi connectivity index (χ1) is 13.7. The summed E-state index contributed by atoms with van der Waals surface area (Å²) in [5, 5.41) is 4.09. The predicted molar refractivity (Wildman–Crippen MR) is 103 cm³/mol. The summed E-state index contributed by atoms with van der Waals surface area (Å²) in [6.07, 6.45) is 10.1. The number of hydrogen-bond donors (Lipinski definition) is 0. The molecule has 0 aromatic carbocycles. The first-order valence-electron chi connectivity index (χ1n) is 10.3. The maximum absolute atomic E-state index is 12.7. The Morgan fingerprint density at radius 2 is 2.18 bits per heavy atom. The molecule has 0 N–H and O–H groups in total. The number of rotatable bonds is 7. The summed E-state index contributed by atoms with van der Waals surface area (Å²) < 4.78 is 11.3. The summed E-state index contributed by atoms with van der Waals surface area (Å²) in [5.74, 6) is 2.17. The van der Waals surface area contributed by atoms with Crippen LogP contribution in [0.2, 0.25) is 0 Å². The first-order valence-corrected chi connectivity index (χ1v) is 10.3. The van der Waals surface area contributed by atoms with E-state index in [9.17, 15) is 4.79 Å². The molecule has 1 saturated heterocycles. The minimum absolute atomic E-state index is 0.0214. The lowest BCUT2D eigenvalue weighted by Crippen LogP contribution is -2.29. The lowest BCUT2D eigenvalue weighted by molar-refractivity contribution is 0.0788. The number of aromatic nitrogens is 3. The molecule has 7 heteroatoms. The van der Waals surface area contributed by atoms with Crippen LogP contribution in [0, 0.1) is 12.8 Å². The molecule has 0 bridgehead atoms. The van der Waals surface area contributed by atoms with E-state index in [-0.39, 0.29) is 11.8 Å². The van der Waals surface area contributed by atoms with E-state index in [2.05, 4.69) is 15.1 Å². The standard InChI is InChI=1S/C21H28N4O3/c1-15-6-9-22-12-18(15)21(26)25-10-7-17(13-25)20-23-19(24-28-20)8-11-27-14-16-4-2-3-5-16/h6,9,12,16-17H,2-5,7-8,10-11,13-14H2,1H3. The number of carbonyl (C=O) groups is 1. The van der Waals surface area contributed by atoms with Crippen molar-refractivity contribution in [3.05, 3.63) is 41.3 Å². The van der Waals surface area contributed by atoms with E-state index < -0.39 is 0 Å². The maximum Gasteiger partial charge on any atom is 0.255 e. The van der Waals surface area contributed by atoms with E-state index >= 15 is 0 Å². The van der Waals surface area contributed by atoms with Crippen LogP contribution in [0.15, 0.2) is 23.0 Å². The lowest BCUT2D eigenvalue weighted by atomic mass is 10.1. The zero-order chi connectivity index (χ0) is 19.3. The van der Waals surface area contributed by atoms with Crippen molar-refractivity contribution in [2.75, 3.05) is 26.3 Å². The first kappa shape index (κ1) is 19.1. The highest BCUT2D eigenvalue weighted by Gasteiger charge is 2.32. The van der Waals surface area contributed by atoms with Crippen LogP contribution in [0.1, 0.15) is 65.7 Å². The molecule has 0 radical (unpaired) electrons. The molecule has 1 unspecified atom stereocenters. The van der Waals surface area contributed by atoms with E-state index in [1.165, 1.54) is 25.7 Å². The summed E-state index contributed by atoms with van der Waals surface area (Å²) in [4.78, 5) is 23.2. The summed E-state index contributed by atoms with van der Waals surface area (Å²) in [6.45, 7) is 4.71. The number of pyridine rings is 1. The molecule has 2 aromatic heterocycles. The van der Waals surface area contributed by atoms with Gasteiger partial charge in [0.05, 0.1) is 18.1 Å². The van der Waals surface area contributed by atoms with Gasteiger partial charge in [-0.05, 0) is 43.7 Å². The molecule has 3 heterocycles. The Morgan fingerprint density at radius 1 is 1.32 bits per heavy atom. The van der Waals surface area contributed by atoms with Crippen LogP contribution < -0.4 is 0 Å². The van der Waals surface area contributed by atoms with E-state index in [1.807, 2.05) is 17.9 Å². The number of carbonyl (C=O) groups excluding carboxylic acids is 1. The van der Waals surface area contributed by atoms with Crippen molar-refractivity contribution in [3.8, 4) is 0 Å². The Hall–Kier alpha value is -2.28. The normalized spacial score (nSPS) is 20.2. The molecule has 1 aliphatic heterocycles. The number of nitrogens with zero attached hydrogens (tertiary/aromatic N) is 4. The largest absolute Gasteiger partial charge is 0.381 e. The fourth-order valence-corrected chi connectivity index (χ4v) is 4.13. The van der Waals surface area contributed by atoms with Crippen LogP contribution in [-0.2, 0) is 11.2 Å². The fraction of sp³-hybridized carbons (Fsp3) is 0.619. The Balaban J connectivity index is 1.26. The Labute approximate surface area is 165 Å². The topological polar surface area (TPSA) is 81.4 Å². The highest BCUT2D eigenvalue weighted by molar-refractivity contribution is 5.95. The van der Waals surface area contributed by atoms with Gasteiger partial charge in [-0.15, -0.1) is 0 Å². The van der Waals surface area contributed by atoms with Crippen LogP contribution in [0.25, 0.3) is 0 Å². The lowest BCUT2D eigenvalue weighted by Gasteiger charge is -2.16. The van der Waals surface area contributed by atoms with Gasteiger partial charge in [0.15, 0.2) is 5.82 Å². The predicted octanol–water partition coefficient (Wildman–Crippen LogP) is 3.15. The Kier molecular flexibility index (Phi) is 6.00. The van der Waals surface area contributed by atoms with Crippen molar-refractivity contribution in [1.29, 1.82) is 0 Å². The second kappa shape index (κ2) is 8.82. The van der Waals surface area contributed by atoms with Crippen molar-refractivity contribution < 1.29 is 14.1 Å². The third-order valence-electron chi connectivity index (χ3n) is 5.88. The van der Waals surface area contributed by atoms with Gasteiger partial charge in [-0.2, -0.15) is 4.98 Å². The van der Waals surface area contributed by atoms with Gasteiger partial charge in [-0.3, -0.25) is 9.78 Å². The number of ether oxygens (including phenoxy) is 1. The van der Waals surface area contributed by atoms with Gasteiger partial charge < -0.3 is 14.2 Å². The van der Waals surface area contributed by atoms with Gasteiger partial charge in [0.1, 0.15) is 0 Å². The monoisotopic (exact) mass is 384 g/mol. The summed E-state index contributed by atoms with van der Waals surface area (Å²) in [5.41, 5.74) is 1.61. The minimum Gasteiger partial charge on any atom is -0.381 e. The van der Waals surface area contributed by atoms with Crippen molar-refractivity contribution in [3.63, 3.8) is 0 Å². The van der Waals surface area contributed by atoms with Crippen LogP contribution in [0.4, 0.5) is 0 Å². The van der Waals surface area contributed by atoms with E-state index in [0.29, 0.717) is 43.4 Å². The molecule has 1 amide bonds. The fourth-order valence-electron chi connectivity index (χ4n) is 4.13. The van der Waals surface area contributed by atoms with E-state index in [0.717, 1.165) is 24.5 Å². The van der Waals surface area contributed by atoms with Crippen molar-refractivity contribution in [1.82, 2.24) is 20.0 Å². The number of hydrogen-bond acceptors (Lipinski definition) is 6. The van der Waals surface area contributed by atoms with Crippen LogP contribution in [-0.4, -0.2) is 52.2 Å². The van der Waals surface area contributed by atoms with Gasteiger partial charge in [0, 0.05) is 38.5 Å². The maximum atomic E-state index is 12.7. The zero-order valence-electron chi connectivity index (χ0n) is 16.5. The molecular formula is C21H28N4O3. The number of amides is 1. The molecule has 4 rings (SSSR count). The Morgan fingerprint density at radius 3 is 3.00 bits per heavy atom. The smallest absolute Gasteiger partial charge is 0.255 e. The SMILES string of the molecule is Cc1ccncc1C(=O)N1CCC(c2nc(CCOCC3CCCC3)no2)C1. The highest BCUT2D eigenvalue weighted by Crippen LogP contribution is 2.28. The molecule has 1 aliphatic carbocycles. The van der Waals surface area contributed by atoms with Gasteiger partial charge in [-0.25, -0.2) is 0 Å².